The van der Waals surface area contributed by atoms with E-state index in [0.29, 0.717) is 16.8 Å². The number of aromatic nitrogens is 1. The topological polar surface area (TPSA) is 65.4 Å². The Hall–Kier alpha value is -1.85. The van der Waals surface area contributed by atoms with E-state index in [-0.39, 0.29) is 29.6 Å². The van der Waals surface area contributed by atoms with Crippen LogP contribution in [0.15, 0.2) is 24.4 Å². The third kappa shape index (κ3) is 2.84. The van der Waals surface area contributed by atoms with E-state index in [2.05, 4.69) is 10.3 Å². The number of aryl methyl sites for hydroxylation is 1. The van der Waals surface area contributed by atoms with Crippen molar-refractivity contribution in [2.75, 3.05) is 5.32 Å². The zero-order chi connectivity index (χ0) is 14.7. The highest BCUT2D eigenvalue weighted by atomic mass is 35.5. The molecule has 0 aliphatic heterocycles. The minimum absolute atomic E-state index is 0.00788. The normalized spacial score (nSPS) is 10.6. The minimum Gasteiger partial charge on any atom is -0.506 e. The molecule has 4 nitrogen and oxygen atoms in total. The fourth-order valence-corrected chi connectivity index (χ4v) is 2.02. The van der Waals surface area contributed by atoms with Crippen molar-refractivity contribution >= 4 is 17.3 Å². The first-order chi connectivity index (χ1) is 9.54. The number of hydrogen-bond donors (Lipinski definition) is 3. The number of halogens is 2. The Bertz CT molecular complexity index is 635. The molecule has 2 rings (SSSR count). The maximum absolute atomic E-state index is 13.7. The zero-order valence-corrected chi connectivity index (χ0v) is 11.6. The van der Waals surface area contributed by atoms with Crippen LogP contribution in [0.5, 0.6) is 5.75 Å². The summed E-state index contributed by atoms with van der Waals surface area (Å²) in [5.74, 6) is -0.559. The van der Waals surface area contributed by atoms with E-state index >= 15 is 0 Å². The highest BCUT2D eigenvalue weighted by Crippen LogP contribution is 2.27. The van der Waals surface area contributed by atoms with E-state index in [0.717, 1.165) is 0 Å². The van der Waals surface area contributed by atoms with Crippen molar-refractivity contribution in [2.24, 2.45) is 0 Å². The van der Waals surface area contributed by atoms with E-state index < -0.39 is 5.82 Å². The molecule has 0 unspecified atom stereocenters. The number of anilines is 1. The van der Waals surface area contributed by atoms with Crippen molar-refractivity contribution < 1.29 is 14.6 Å². The van der Waals surface area contributed by atoms with Crippen LogP contribution in [0.1, 0.15) is 16.8 Å². The smallest absolute Gasteiger partial charge is 0.164 e. The Morgan fingerprint density at radius 2 is 2.15 bits per heavy atom. The lowest BCUT2D eigenvalue weighted by atomic mass is 10.1. The number of hydrogen-bond acceptors (Lipinski definition) is 4. The summed E-state index contributed by atoms with van der Waals surface area (Å²) in [6, 6.07) is 4.62. The molecule has 1 heterocycles. The Kier molecular flexibility index (Phi) is 4.42. The van der Waals surface area contributed by atoms with Crippen LogP contribution in [-0.2, 0) is 13.2 Å². The average Bonchev–Trinajstić information content (AvgIpc) is 2.44. The molecule has 6 heteroatoms. The van der Waals surface area contributed by atoms with E-state index in [1.807, 2.05) is 0 Å². The van der Waals surface area contributed by atoms with Crippen LogP contribution in [0.2, 0.25) is 5.02 Å². The molecule has 106 valence electrons. The van der Waals surface area contributed by atoms with Gasteiger partial charge in [-0.05, 0) is 19.1 Å². The van der Waals surface area contributed by atoms with Gasteiger partial charge in [0.1, 0.15) is 5.75 Å². The summed E-state index contributed by atoms with van der Waals surface area (Å²) in [6.07, 6.45) is 1.49. The molecule has 20 heavy (non-hydrogen) atoms. The van der Waals surface area contributed by atoms with Gasteiger partial charge in [0, 0.05) is 23.9 Å². The lowest BCUT2D eigenvalue weighted by molar-refractivity contribution is 0.279. The fourth-order valence-electron chi connectivity index (χ4n) is 1.84. The largest absolute Gasteiger partial charge is 0.506 e. The van der Waals surface area contributed by atoms with Gasteiger partial charge in [-0.2, -0.15) is 0 Å². The predicted octanol–water partition coefficient (Wildman–Crippen LogP) is 2.99. The molecular weight excluding hydrogens is 283 g/mol. The van der Waals surface area contributed by atoms with Gasteiger partial charge < -0.3 is 15.5 Å². The zero-order valence-electron chi connectivity index (χ0n) is 10.8. The summed E-state index contributed by atoms with van der Waals surface area (Å²) in [5.41, 5.74) is 1.66. The van der Waals surface area contributed by atoms with E-state index in [9.17, 15) is 14.6 Å². The van der Waals surface area contributed by atoms with Crippen LogP contribution in [0, 0.1) is 12.7 Å². The highest BCUT2D eigenvalue weighted by Gasteiger charge is 2.12. The lowest BCUT2D eigenvalue weighted by Gasteiger charge is -2.13. The molecule has 2 aromatic rings. The third-order valence-corrected chi connectivity index (χ3v) is 3.30. The first-order valence-corrected chi connectivity index (χ1v) is 6.37. The molecule has 1 aromatic carbocycles. The van der Waals surface area contributed by atoms with Crippen LogP contribution in [-0.4, -0.2) is 15.2 Å². The molecule has 0 aliphatic carbocycles. The van der Waals surface area contributed by atoms with Crippen molar-refractivity contribution in [1.82, 2.24) is 4.98 Å². The Morgan fingerprint density at radius 3 is 2.85 bits per heavy atom. The van der Waals surface area contributed by atoms with Crippen molar-refractivity contribution in [3.8, 4) is 5.75 Å². The summed E-state index contributed by atoms with van der Waals surface area (Å²) in [4.78, 5) is 3.96. The Labute approximate surface area is 120 Å². The molecule has 3 N–H and O–H groups in total. The molecule has 0 radical (unpaired) electrons. The monoisotopic (exact) mass is 296 g/mol. The van der Waals surface area contributed by atoms with Gasteiger partial charge in [0.15, 0.2) is 5.82 Å². The van der Waals surface area contributed by atoms with Crippen molar-refractivity contribution in [1.29, 1.82) is 0 Å². The standard InChI is InChI=1S/C14H14ClFN2O2/c1-8-14(20)10(9(7-19)5-17-8)6-18-12-4-2-3-11(15)13(12)16/h2-5,18-20H,6-7H2,1H3. The second-order valence-electron chi connectivity index (χ2n) is 4.31. The molecule has 0 saturated heterocycles. The molecule has 1 aromatic heterocycles. The Balaban J connectivity index is 2.27. The van der Waals surface area contributed by atoms with E-state index in [1.165, 1.54) is 12.3 Å². The van der Waals surface area contributed by atoms with Crippen molar-refractivity contribution in [3.05, 3.63) is 52.1 Å². The van der Waals surface area contributed by atoms with Gasteiger partial charge in [0.2, 0.25) is 0 Å². The molecule has 0 amide bonds. The SMILES string of the molecule is Cc1ncc(CO)c(CNc2cccc(Cl)c2F)c1O. The van der Waals surface area contributed by atoms with Gasteiger partial charge in [0.05, 0.1) is 23.0 Å². The lowest BCUT2D eigenvalue weighted by Crippen LogP contribution is -2.06. The van der Waals surface area contributed by atoms with Crippen LogP contribution in [0.25, 0.3) is 0 Å². The molecule has 0 spiro atoms. The average molecular weight is 297 g/mol. The summed E-state index contributed by atoms with van der Waals surface area (Å²) in [6.45, 7) is 1.55. The maximum atomic E-state index is 13.7. The summed E-state index contributed by atoms with van der Waals surface area (Å²) in [7, 11) is 0. The first-order valence-electron chi connectivity index (χ1n) is 5.99. The number of aliphatic hydroxyl groups is 1. The van der Waals surface area contributed by atoms with Gasteiger partial charge in [0.25, 0.3) is 0 Å². The second kappa shape index (κ2) is 6.07. The number of rotatable bonds is 4. The second-order valence-corrected chi connectivity index (χ2v) is 4.72. The molecule has 0 aliphatic rings. The minimum atomic E-state index is -0.551. The van der Waals surface area contributed by atoms with Crippen LogP contribution < -0.4 is 5.32 Å². The molecule has 0 atom stereocenters. The number of nitrogens with one attached hydrogen (secondary N) is 1. The summed E-state index contributed by atoms with van der Waals surface area (Å²) < 4.78 is 13.7. The third-order valence-electron chi connectivity index (χ3n) is 3.01. The number of aliphatic hydroxyl groups excluding tert-OH is 1. The highest BCUT2D eigenvalue weighted by molar-refractivity contribution is 6.31. The van der Waals surface area contributed by atoms with Crippen LogP contribution in [0.4, 0.5) is 10.1 Å². The number of pyridine rings is 1. The van der Waals surface area contributed by atoms with Crippen molar-refractivity contribution in [3.63, 3.8) is 0 Å². The first kappa shape index (κ1) is 14.6. The summed E-state index contributed by atoms with van der Waals surface area (Å²) >= 11 is 5.70. The van der Waals surface area contributed by atoms with Gasteiger partial charge in [-0.1, -0.05) is 17.7 Å². The number of nitrogens with zero attached hydrogens (tertiary/aromatic N) is 1. The van der Waals surface area contributed by atoms with Gasteiger partial charge >= 0.3 is 0 Å². The van der Waals surface area contributed by atoms with E-state index in [1.54, 1.807) is 19.1 Å². The van der Waals surface area contributed by atoms with Crippen molar-refractivity contribution in [2.45, 2.75) is 20.1 Å². The molecular formula is C14H14ClFN2O2. The van der Waals surface area contributed by atoms with Gasteiger partial charge in [-0.3, -0.25) is 4.98 Å². The molecule has 0 saturated carbocycles. The Morgan fingerprint density at radius 1 is 1.40 bits per heavy atom. The van der Waals surface area contributed by atoms with E-state index in [4.69, 9.17) is 11.6 Å². The number of aromatic hydroxyl groups is 1. The van der Waals surface area contributed by atoms with Crippen LogP contribution >= 0.6 is 11.6 Å². The predicted molar refractivity (Wildman–Crippen MR) is 75.3 cm³/mol. The number of benzene rings is 1. The van der Waals surface area contributed by atoms with Crippen LogP contribution in [0.3, 0.4) is 0 Å². The molecule has 0 fully saturated rings. The quantitative estimate of drug-likeness (QED) is 0.811. The maximum Gasteiger partial charge on any atom is 0.164 e. The summed E-state index contributed by atoms with van der Waals surface area (Å²) in [5, 5.41) is 22.1. The fraction of sp³-hybridized carbons (Fsp3) is 0.214. The molecule has 0 bridgehead atoms. The van der Waals surface area contributed by atoms with Gasteiger partial charge in [-0.25, -0.2) is 4.39 Å². The van der Waals surface area contributed by atoms with Gasteiger partial charge in [-0.15, -0.1) is 0 Å².